The Balaban J connectivity index is 1.44. The minimum absolute atomic E-state index is 0.0456. The fraction of sp³-hybridized carbons (Fsp3) is 0.273. The molecule has 172 valence electrons. The fourth-order valence-electron chi connectivity index (χ4n) is 3.15. The van der Waals surface area contributed by atoms with Gasteiger partial charge in [0.1, 0.15) is 4.70 Å². The van der Waals surface area contributed by atoms with Gasteiger partial charge in [-0.3, -0.25) is 14.2 Å². The number of nitrogens with zero attached hydrogens (tertiary/aromatic N) is 4. The van der Waals surface area contributed by atoms with Crippen molar-refractivity contribution in [1.82, 2.24) is 19.4 Å². The zero-order chi connectivity index (χ0) is 23.4. The van der Waals surface area contributed by atoms with E-state index in [9.17, 15) is 9.59 Å². The lowest BCUT2D eigenvalue weighted by Crippen LogP contribution is -2.25. The average Bonchev–Trinajstić information content (AvgIpc) is 3.44. The zero-order valence-electron chi connectivity index (χ0n) is 18.1. The number of nitrogens with one attached hydrogen (secondary N) is 1. The van der Waals surface area contributed by atoms with E-state index in [1.807, 2.05) is 55.2 Å². The van der Waals surface area contributed by atoms with Crippen LogP contribution in [0.25, 0.3) is 21.5 Å². The van der Waals surface area contributed by atoms with E-state index < -0.39 is 0 Å². The third kappa shape index (κ3) is 6.10. The molecule has 0 saturated carbocycles. The van der Waals surface area contributed by atoms with E-state index >= 15 is 0 Å². The van der Waals surface area contributed by atoms with Crippen LogP contribution in [0.15, 0.2) is 55.5 Å². The number of halogens is 1. The molecule has 0 spiro atoms. The highest BCUT2D eigenvalue weighted by molar-refractivity contribution is 9.10. The van der Waals surface area contributed by atoms with E-state index in [2.05, 4.69) is 36.1 Å². The summed E-state index contributed by atoms with van der Waals surface area (Å²) < 4.78 is 3.34. The van der Waals surface area contributed by atoms with Gasteiger partial charge in [0.05, 0.1) is 17.0 Å². The van der Waals surface area contributed by atoms with Crippen LogP contribution >= 0.6 is 50.4 Å². The van der Waals surface area contributed by atoms with Crippen LogP contribution in [-0.4, -0.2) is 51.7 Å². The van der Waals surface area contributed by atoms with E-state index in [1.54, 1.807) is 4.57 Å². The van der Waals surface area contributed by atoms with Crippen molar-refractivity contribution in [3.63, 3.8) is 0 Å². The molecule has 0 radical (unpaired) electrons. The van der Waals surface area contributed by atoms with Crippen molar-refractivity contribution in [2.75, 3.05) is 31.7 Å². The number of fused-ring (bicyclic) bond motifs is 1. The second kappa shape index (κ2) is 10.9. The van der Waals surface area contributed by atoms with Gasteiger partial charge < -0.3 is 10.2 Å². The first-order chi connectivity index (χ1) is 15.9. The van der Waals surface area contributed by atoms with Crippen molar-refractivity contribution in [2.24, 2.45) is 0 Å². The molecule has 0 aliphatic rings. The summed E-state index contributed by atoms with van der Waals surface area (Å²) in [5.41, 5.74) is 2.43. The number of carbonyl (C=O) groups is 1. The SMILES string of the molecule is CN(C)CCCn1c(SCC(=O)Nc2nc(-c3ccc(Br)cc3)cs2)nc2ccsc2c1=O. The van der Waals surface area contributed by atoms with Gasteiger partial charge in [-0.25, -0.2) is 9.97 Å². The van der Waals surface area contributed by atoms with E-state index in [0.29, 0.717) is 27.0 Å². The number of aromatic nitrogens is 3. The van der Waals surface area contributed by atoms with Crippen LogP contribution < -0.4 is 10.9 Å². The minimum Gasteiger partial charge on any atom is -0.309 e. The number of amides is 1. The number of thioether (sulfide) groups is 1. The molecule has 11 heteroatoms. The molecule has 3 heterocycles. The summed E-state index contributed by atoms with van der Waals surface area (Å²) in [4.78, 5) is 36.8. The smallest absolute Gasteiger partial charge is 0.272 e. The van der Waals surface area contributed by atoms with Crippen molar-refractivity contribution in [2.45, 2.75) is 18.1 Å². The molecule has 1 amide bonds. The van der Waals surface area contributed by atoms with Crippen LogP contribution in [-0.2, 0) is 11.3 Å². The van der Waals surface area contributed by atoms with Crippen molar-refractivity contribution in [1.29, 1.82) is 0 Å². The molecule has 33 heavy (non-hydrogen) atoms. The molecule has 4 rings (SSSR count). The lowest BCUT2D eigenvalue weighted by atomic mass is 10.2. The predicted octanol–water partition coefficient (Wildman–Crippen LogP) is 5.03. The third-order valence-electron chi connectivity index (χ3n) is 4.74. The van der Waals surface area contributed by atoms with Gasteiger partial charge >= 0.3 is 0 Å². The highest BCUT2D eigenvalue weighted by Gasteiger charge is 2.15. The molecule has 1 aromatic carbocycles. The largest absolute Gasteiger partial charge is 0.309 e. The number of hydrogen-bond donors (Lipinski definition) is 1. The lowest BCUT2D eigenvalue weighted by molar-refractivity contribution is -0.113. The number of anilines is 1. The third-order valence-corrected chi connectivity index (χ3v) is 7.90. The summed E-state index contributed by atoms with van der Waals surface area (Å²) >= 11 is 7.48. The molecule has 1 N–H and O–H groups in total. The average molecular weight is 565 g/mol. The first-order valence-electron chi connectivity index (χ1n) is 10.2. The maximum Gasteiger partial charge on any atom is 0.272 e. The number of rotatable bonds is 9. The van der Waals surface area contributed by atoms with Crippen molar-refractivity contribution in [3.05, 3.63) is 55.9 Å². The van der Waals surface area contributed by atoms with Crippen LogP contribution in [0, 0.1) is 0 Å². The molecular formula is C22H22BrN5O2S3. The first-order valence-corrected chi connectivity index (χ1v) is 13.7. The van der Waals surface area contributed by atoms with E-state index in [1.165, 1.54) is 34.4 Å². The first kappa shape index (κ1) is 24.1. The highest BCUT2D eigenvalue weighted by Crippen LogP contribution is 2.27. The molecule has 0 aliphatic heterocycles. The molecule has 0 saturated heterocycles. The van der Waals surface area contributed by atoms with Crippen LogP contribution in [0.5, 0.6) is 0 Å². The van der Waals surface area contributed by atoms with Gasteiger partial charge in [-0.15, -0.1) is 22.7 Å². The zero-order valence-corrected chi connectivity index (χ0v) is 22.1. The molecule has 4 aromatic rings. The Labute approximate surface area is 212 Å². The molecule has 7 nitrogen and oxygen atoms in total. The Bertz CT molecular complexity index is 1310. The Hall–Kier alpha value is -2.05. The number of hydrogen-bond acceptors (Lipinski definition) is 8. The van der Waals surface area contributed by atoms with Gasteiger partial charge in [-0.2, -0.15) is 0 Å². The monoisotopic (exact) mass is 563 g/mol. The Morgan fingerprint density at radius 2 is 1.97 bits per heavy atom. The quantitative estimate of drug-likeness (QED) is 0.227. The maximum atomic E-state index is 13.0. The van der Waals surface area contributed by atoms with Gasteiger partial charge in [-0.1, -0.05) is 39.8 Å². The van der Waals surface area contributed by atoms with Crippen molar-refractivity contribution in [3.8, 4) is 11.3 Å². The predicted molar refractivity (Wildman–Crippen MR) is 142 cm³/mol. The molecule has 0 atom stereocenters. The Morgan fingerprint density at radius 3 is 2.73 bits per heavy atom. The van der Waals surface area contributed by atoms with Gasteiger partial charge in [0, 0.05) is 22.0 Å². The van der Waals surface area contributed by atoms with Gasteiger partial charge in [0.15, 0.2) is 10.3 Å². The summed E-state index contributed by atoms with van der Waals surface area (Å²) in [6, 6.07) is 9.71. The Kier molecular flexibility index (Phi) is 7.97. The van der Waals surface area contributed by atoms with Gasteiger partial charge in [0.2, 0.25) is 5.91 Å². The van der Waals surface area contributed by atoms with Crippen molar-refractivity contribution < 1.29 is 4.79 Å². The van der Waals surface area contributed by atoms with E-state index in [0.717, 1.165) is 28.7 Å². The highest BCUT2D eigenvalue weighted by atomic mass is 79.9. The molecule has 3 aromatic heterocycles. The topological polar surface area (TPSA) is 80.1 Å². The second-order valence-electron chi connectivity index (χ2n) is 7.52. The molecule has 0 unspecified atom stereocenters. The summed E-state index contributed by atoms with van der Waals surface area (Å²) in [6.45, 7) is 1.43. The maximum absolute atomic E-state index is 13.0. The number of thiazole rings is 1. The van der Waals surface area contributed by atoms with Gasteiger partial charge in [0.25, 0.3) is 5.56 Å². The molecular weight excluding hydrogens is 542 g/mol. The standard InChI is InChI=1S/C22H22BrN5O2S3/c1-27(2)9-3-10-28-20(30)19-16(8-11-31-19)25-22(28)33-13-18(29)26-21-24-17(12-32-21)14-4-6-15(23)7-5-14/h4-8,11-12H,3,9-10,13H2,1-2H3,(H,24,26,29). The van der Waals surface area contributed by atoms with Crippen LogP contribution in [0.2, 0.25) is 0 Å². The normalized spacial score (nSPS) is 11.4. The van der Waals surface area contributed by atoms with Crippen LogP contribution in [0.1, 0.15) is 6.42 Å². The fourth-order valence-corrected chi connectivity index (χ4v) is 5.75. The van der Waals surface area contributed by atoms with Crippen molar-refractivity contribution >= 4 is 71.6 Å². The lowest BCUT2D eigenvalue weighted by Gasteiger charge is -2.13. The van der Waals surface area contributed by atoms with Gasteiger partial charge in [-0.05, 0) is 50.6 Å². The number of carbonyl (C=O) groups excluding carboxylic acids is 1. The van der Waals surface area contributed by atoms with Crippen LogP contribution in [0.3, 0.4) is 0 Å². The summed E-state index contributed by atoms with van der Waals surface area (Å²) in [5, 5.41) is 7.75. The Morgan fingerprint density at radius 1 is 1.18 bits per heavy atom. The second-order valence-corrected chi connectivity index (χ2v) is 11.2. The number of thiophene rings is 1. The summed E-state index contributed by atoms with van der Waals surface area (Å²) in [6.07, 6.45) is 0.823. The van der Waals surface area contributed by atoms with E-state index in [4.69, 9.17) is 0 Å². The van der Waals surface area contributed by atoms with Crippen LogP contribution in [0.4, 0.5) is 5.13 Å². The molecule has 0 aliphatic carbocycles. The molecule has 0 bridgehead atoms. The van der Waals surface area contributed by atoms with E-state index in [-0.39, 0.29) is 17.2 Å². The number of benzene rings is 1. The summed E-state index contributed by atoms with van der Waals surface area (Å²) in [5.74, 6) is -0.0422. The summed E-state index contributed by atoms with van der Waals surface area (Å²) in [7, 11) is 4.01. The minimum atomic E-state index is -0.184. The molecule has 0 fully saturated rings.